The van der Waals surface area contributed by atoms with Crippen LogP contribution in [0.3, 0.4) is 0 Å². The monoisotopic (exact) mass is 432 g/mol. The molecule has 0 aromatic heterocycles. The minimum atomic E-state index is -3.73. The summed E-state index contributed by atoms with van der Waals surface area (Å²) in [4.78, 5) is 12.8. The van der Waals surface area contributed by atoms with Gasteiger partial charge in [-0.3, -0.25) is 4.79 Å². The number of sulfonamides is 1. The second-order valence-electron chi connectivity index (χ2n) is 7.17. The Hall–Kier alpha value is -2.42. The van der Waals surface area contributed by atoms with Crippen molar-refractivity contribution in [2.75, 3.05) is 25.1 Å². The van der Waals surface area contributed by atoms with Crippen molar-refractivity contribution in [3.63, 3.8) is 0 Å². The first-order chi connectivity index (χ1) is 14.5. The highest BCUT2D eigenvalue weighted by Gasteiger charge is 2.21. The molecule has 1 aliphatic rings. The number of carbonyl (C=O) groups excluding carboxylic acids is 1. The van der Waals surface area contributed by atoms with Gasteiger partial charge in [0, 0.05) is 18.7 Å². The van der Waals surface area contributed by atoms with Crippen molar-refractivity contribution in [2.45, 2.75) is 43.6 Å². The summed E-state index contributed by atoms with van der Waals surface area (Å²) in [5.41, 5.74) is 0.793. The molecular formula is C22H28N2O5S. The summed E-state index contributed by atoms with van der Waals surface area (Å²) in [7, 11) is -3.73. The lowest BCUT2D eigenvalue weighted by atomic mass is 10.2. The largest absolute Gasteiger partial charge is 0.491 e. The highest BCUT2D eigenvalue weighted by atomic mass is 32.2. The average molecular weight is 433 g/mol. The topological polar surface area (TPSA) is 93.7 Å². The third kappa shape index (κ3) is 6.04. The number of nitrogens with one attached hydrogen (secondary N) is 2. The van der Waals surface area contributed by atoms with E-state index in [1.165, 1.54) is 12.1 Å². The van der Waals surface area contributed by atoms with Gasteiger partial charge in [-0.05, 0) is 49.6 Å². The molecule has 1 heterocycles. The van der Waals surface area contributed by atoms with E-state index in [2.05, 4.69) is 17.0 Å². The molecule has 162 valence electrons. The zero-order valence-corrected chi connectivity index (χ0v) is 17.9. The molecule has 0 saturated carbocycles. The van der Waals surface area contributed by atoms with Crippen LogP contribution in [0.5, 0.6) is 5.75 Å². The number of unbranched alkanes of at least 4 members (excludes halogenated alkanes) is 1. The van der Waals surface area contributed by atoms with Crippen LogP contribution in [-0.4, -0.2) is 40.2 Å². The van der Waals surface area contributed by atoms with Crippen molar-refractivity contribution in [1.29, 1.82) is 0 Å². The van der Waals surface area contributed by atoms with Gasteiger partial charge in [0.25, 0.3) is 5.91 Å². The van der Waals surface area contributed by atoms with Crippen LogP contribution < -0.4 is 14.8 Å². The molecule has 8 heteroatoms. The summed E-state index contributed by atoms with van der Waals surface area (Å²) < 4.78 is 39.0. The molecule has 2 N–H and O–H groups in total. The fourth-order valence-electron chi connectivity index (χ4n) is 3.11. The number of carbonyl (C=O) groups is 1. The first-order valence-corrected chi connectivity index (χ1v) is 11.7. The van der Waals surface area contributed by atoms with E-state index in [0.717, 1.165) is 25.7 Å². The highest BCUT2D eigenvalue weighted by molar-refractivity contribution is 7.89. The lowest BCUT2D eigenvalue weighted by Crippen LogP contribution is -2.32. The Labute approximate surface area is 177 Å². The third-order valence-corrected chi connectivity index (χ3v) is 6.24. The molecule has 1 fully saturated rings. The number of anilines is 1. The number of amides is 1. The number of rotatable bonds is 10. The van der Waals surface area contributed by atoms with Crippen LogP contribution >= 0.6 is 0 Å². The van der Waals surface area contributed by atoms with E-state index in [4.69, 9.17) is 9.47 Å². The molecule has 3 rings (SSSR count). The van der Waals surface area contributed by atoms with E-state index in [-0.39, 0.29) is 23.1 Å². The fraction of sp³-hybridized carbons (Fsp3) is 0.409. The van der Waals surface area contributed by atoms with E-state index in [1.54, 1.807) is 30.3 Å². The number of ether oxygens (including phenoxy) is 2. The molecule has 0 spiro atoms. The molecule has 7 nitrogen and oxygen atoms in total. The van der Waals surface area contributed by atoms with Gasteiger partial charge in [0.1, 0.15) is 5.75 Å². The van der Waals surface area contributed by atoms with Gasteiger partial charge in [-0.25, -0.2) is 13.1 Å². The Morgan fingerprint density at radius 3 is 2.80 bits per heavy atom. The van der Waals surface area contributed by atoms with Gasteiger partial charge in [0.2, 0.25) is 10.0 Å². The minimum Gasteiger partial charge on any atom is -0.491 e. The molecule has 0 aliphatic carbocycles. The number of hydrogen-bond acceptors (Lipinski definition) is 5. The van der Waals surface area contributed by atoms with Crippen molar-refractivity contribution in [2.24, 2.45) is 0 Å². The Balaban J connectivity index is 1.69. The maximum Gasteiger partial charge on any atom is 0.255 e. The first-order valence-electron chi connectivity index (χ1n) is 10.2. The van der Waals surface area contributed by atoms with Gasteiger partial charge < -0.3 is 14.8 Å². The summed E-state index contributed by atoms with van der Waals surface area (Å²) in [5, 5.41) is 2.81. The quantitative estimate of drug-likeness (QED) is 0.560. The molecule has 2 aromatic rings. The van der Waals surface area contributed by atoms with E-state index in [1.807, 2.05) is 6.07 Å². The molecule has 1 aliphatic heterocycles. The summed E-state index contributed by atoms with van der Waals surface area (Å²) in [6, 6.07) is 13.2. The van der Waals surface area contributed by atoms with Gasteiger partial charge in [0.15, 0.2) is 0 Å². The maximum absolute atomic E-state index is 12.7. The second-order valence-corrected chi connectivity index (χ2v) is 8.93. The van der Waals surface area contributed by atoms with Crippen molar-refractivity contribution >= 4 is 21.6 Å². The fourth-order valence-corrected chi connectivity index (χ4v) is 4.22. The van der Waals surface area contributed by atoms with Gasteiger partial charge in [0.05, 0.1) is 23.3 Å². The molecular weight excluding hydrogens is 404 g/mol. The lowest BCUT2D eigenvalue weighted by Gasteiger charge is -2.13. The third-order valence-electron chi connectivity index (χ3n) is 4.82. The van der Waals surface area contributed by atoms with Crippen molar-refractivity contribution in [3.8, 4) is 5.75 Å². The van der Waals surface area contributed by atoms with E-state index in [0.29, 0.717) is 24.7 Å². The Morgan fingerprint density at radius 1 is 1.20 bits per heavy atom. The van der Waals surface area contributed by atoms with Crippen LogP contribution in [0.25, 0.3) is 0 Å². The number of para-hydroxylation sites is 2. The summed E-state index contributed by atoms with van der Waals surface area (Å²) in [6.07, 6.45) is 3.60. The van der Waals surface area contributed by atoms with Crippen molar-refractivity contribution < 1.29 is 22.7 Å². The lowest BCUT2D eigenvalue weighted by molar-refractivity contribution is 0.102. The van der Waals surface area contributed by atoms with Crippen LogP contribution in [-0.2, 0) is 14.8 Å². The SMILES string of the molecule is CCCCOc1ccccc1NC(=O)c1cccc(S(=O)(=O)NCC2CCCO2)c1. The molecule has 0 radical (unpaired) electrons. The summed E-state index contributed by atoms with van der Waals surface area (Å²) in [6.45, 7) is 3.52. The second kappa shape index (κ2) is 10.6. The summed E-state index contributed by atoms with van der Waals surface area (Å²) in [5.74, 6) is 0.180. The Bertz CT molecular complexity index is 956. The molecule has 30 heavy (non-hydrogen) atoms. The van der Waals surface area contributed by atoms with Crippen LogP contribution in [0.1, 0.15) is 43.0 Å². The number of benzene rings is 2. The van der Waals surface area contributed by atoms with E-state index < -0.39 is 15.9 Å². The predicted molar refractivity (Wildman–Crippen MR) is 115 cm³/mol. The molecule has 1 amide bonds. The van der Waals surface area contributed by atoms with Crippen molar-refractivity contribution in [3.05, 3.63) is 54.1 Å². The zero-order chi connectivity index (χ0) is 21.4. The zero-order valence-electron chi connectivity index (χ0n) is 17.1. The minimum absolute atomic E-state index is 0.0422. The van der Waals surface area contributed by atoms with E-state index >= 15 is 0 Å². The predicted octanol–water partition coefficient (Wildman–Crippen LogP) is 3.58. The van der Waals surface area contributed by atoms with E-state index in [9.17, 15) is 13.2 Å². The van der Waals surface area contributed by atoms with Gasteiger partial charge in [-0.15, -0.1) is 0 Å². The molecule has 1 saturated heterocycles. The van der Waals surface area contributed by atoms with Crippen LogP contribution in [0.15, 0.2) is 53.4 Å². The molecule has 1 unspecified atom stereocenters. The van der Waals surface area contributed by atoms with Gasteiger partial charge >= 0.3 is 0 Å². The Kier molecular flexibility index (Phi) is 7.84. The average Bonchev–Trinajstić information content (AvgIpc) is 3.28. The normalized spacial score (nSPS) is 16.4. The van der Waals surface area contributed by atoms with Gasteiger partial charge in [-0.2, -0.15) is 0 Å². The smallest absolute Gasteiger partial charge is 0.255 e. The van der Waals surface area contributed by atoms with Crippen LogP contribution in [0.2, 0.25) is 0 Å². The maximum atomic E-state index is 12.7. The molecule has 2 aromatic carbocycles. The highest BCUT2D eigenvalue weighted by Crippen LogP contribution is 2.25. The van der Waals surface area contributed by atoms with Gasteiger partial charge in [-0.1, -0.05) is 31.5 Å². The molecule has 0 bridgehead atoms. The Morgan fingerprint density at radius 2 is 2.03 bits per heavy atom. The number of hydrogen-bond donors (Lipinski definition) is 2. The van der Waals surface area contributed by atoms with Crippen LogP contribution in [0.4, 0.5) is 5.69 Å². The standard InChI is InChI=1S/C22H28N2O5S/c1-2-3-13-29-21-12-5-4-11-20(21)24-22(25)17-8-6-10-19(15-17)30(26,27)23-16-18-9-7-14-28-18/h4-6,8,10-12,15,18,23H,2-3,7,9,13-14,16H2,1H3,(H,24,25). The summed E-state index contributed by atoms with van der Waals surface area (Å²) >= 11 is 0. The van der Waals surface area contributed by atoms with Crippen LogP contribution in [0, 0.1) is 0 Å². The van der Waals surface area contributed by atoms with Crippen molar-refractivity contribution in [1.82, 2.24) is 4.72 Å². The first kappa shape index (κ1) is 22.3. The molecule has 1 atom stereocenters.